The smallest absolute Gasteiger partial charge is 0.0474 e. The molecule has 2 unspecified atom stereocenters. The van der Waals surface area contributed by atoms with E-state index in [0.717, 1.165) is 0 Å². The van der Waals surface area contributed by atoms with Gasteiger partial charge in [0.25, 0.3) is 0 Å². The first-order valence-corrected chi connectivity index (χ1v) is 20.7. The molecule has 0 nitrogen and oxygen atoms in total. The Balaban J connectivity index is 1.57. The van der Waals surface area contributed by atoms with E-state index in [0.29, 0.717) is 23.7 Å². The number of aryl methyl sites for hydroxylation is 3. The van der Waals surface area contributed by atoms with Crippen molar-refractivity contribution < 1.29 is 0 Å². The Morgan fingerprint density at radius 1 is 0.635 bits per heavy atom. The van der Waals surface area contributed by atoms with Gasteiger partial charge in [-0.2, -0.15) is 0 Å². The average Bonchev–Trinajstić information content (AvgIpc) is 3.61. The Morgan fingerprint density at radius 2 is 1.27 bits per heavy atom. The summed E-state index contributed by atoms with van der Waals surface area (Å²) < 4.78 is 0. The normalized spacial score (nSPS) is 22.0. The van der Waals surface area contributed by atoms with Gasteiger partial charge in [0.15, 0.2) is 0 Å². The molecule has 0 fully saturated rings. The summed E-state index contributed by atoms with van der Waals surface area (Å²) in [6, 6.07) is 22.1. The first-order valence-electron chi connectivity index (χ1n) is 20.7. The summed E-state index contributed by atoms with van der Waals surface area (Å²) in [5, 5.41) is 2.94. The molecule has 4 aromatic rings. The molecule has 4 aliphatic rings. The number of hydrogen-bond donors (Lipinski definition) is 0. The van der Waals surface area contributed by atoms with Gasteiger partial charge in [-0.15, -0.1) is 0 Å². The Hall–Kier alpha value is -3.64. The molecule has 0 radical (unpaired) electrons. The van der Waals surface area contributed by atoms with E-state index in [-0.39, 0.29) is 16.2 Å². The molecule has 0 aliphatic heterocycles. The van der Waals surface area contributed by atoms with Crippen molar-refractivity contribution >= 4 is 21.9 Å². The molecule has 0 N–H and O–H groups in total. The van der Waals surface area contributed by atoms with Crippen molar-refractivity contribution in [1.29, 1.82) is 0 Å². The molecule has 0 aromatic heterocycles. The Labute approximate surface area is 315 Å². The highest BCUT2D eigenvalue weighted by Crippen LogP contribution is 2.69. The van der Waals surface area contributed by atoms with Gasteiger partial charge in [-0.1, -0.05) is 147 Å². The number of hydrogen-bond acceptors (Lipinski definition) is 0. The molecule has 0 saturated heterocycles. The second kappa shape index (κ2) is 11.9. The van der Waals surface area contributed by atoms with Crippen LogP contribution in [-0.2, 0) is 16.2 Å². The molecular weight excluding hydrogens is 625 g/mol. The van der Waals surface area contributed by atoms with Crippen molar-refractivity contribution in [1.82, 2.24) is 0 Å². The standard InChI is InChI=1S/C52H62/c1-14-33(15-2)35-27-38(34(16-3)17-4)45(29(5)6)52(28-35)42-23-22-37-47(51(12,13)48-36-20-18-19-21-41(36)50(10,11)49(37)48)44(42)40-26-32(9)43-31(8)24-30(7)25-39(43)46(40)52/h18-29,33-34,45H,14-17H2,1-13H3. The summed E-state index contributed by atoms with van der Waals surface area (Å²) in [6.45, 7) is 31.8. The van der Waals surface area contributed by atoms with E-state index in [1.165, 1.54) is 75.4 Å². The van der Waals surface area contributed by atoms with Gasteiger partial charge in [-0.05, 0) is 147 Å². The van der Waals surface area contributed by atoms with E-state index in [1.807, 2.05) is 0 Å². The SMILES string of the molecule is CCC(CC)C1=CC2(c3ccc4c(c3-c3cc(C)c5c(C)cc(C)cc5c32)C(C)(C)C2=C4C(C)(C)c3ccccc32)C(C(C)C)C(C(CC)CC)=C1. The largest absolute Gasteiger partial charge is 0.0654 e. The van der Waals surface area contributed by atoms with Crippen molar-refractivity contribution in [3.63, 3.8) is 0 Å². The monoisotopic (exact) mass is 686 g/mol. The van der Waals surface area contributed by atoms with Gasteiger partial charge in [0, 0.05) is 22.2 Å². The first-order chi connectivity index (χ1) is 24.7. The lowest BCUT2D eigenvalue weighted by Gasteiger charge is -2.47. The summed E-state index contributed by atoms with van der Waals surface area (Å²) in [5.41, 5.74) is 22.3. The highest BCUT2D eigenvalue weighted by Gasteiger charge is 2.57. The van der Waals surface area contributed by atoms with Gasteiger partial charge in [0.1, 0.15) is 0 Å². The summed E-state index contributed by atoms with van der Waals surface area (Å²) in [6.07, 6.45) is 10.3. The van der Waals surface area contributed by atoms with Crippen LogP contribution in [-0.4, -0.2) is 0 Å². The fourth-order valence-corrected chi connectivity index (χ4v) is 12.6. The van der Waals surface area contributed by atoms with Gasteiger partial charge < -0.3 is 0 Å². The van der Waals surface area contributed by atoms with E-state index < -0.39 is 0 Å². The molecule has 0 amide bonds. The van der Waals surface area contributed by atoms with Crippen molar-refractivity contribution in [2.45, 2.75) is 132 Å². The molecular formula is C52H62. The lowest BCUT2D eigenvalue weighted by Crippen LogP contribution is -2.42. The maximum Gasteiger partial charge on any atom is 0.0474 e. The zero-order chi connectivity index (χ0) is 37.2. The molecule has 52 heavy (non-hydrogen) atoms. The fraction of sp³-hybridized carbons (Fsp3) is 0.462. The van der Waals surface area contributed by atoms with Crippen LogP contribution in [0.3, 0.4) is 0 Å². The number of allylic oxidation sites excluding steroid dienone is 6. The van der Waals surface area contributed by atoms with Gasteiger partial charge in [0.2, 0.25) is 0 Å². The first kappa shape index (κ1) is 35.4. The van der Waals surface area contributed by atoms with Crippen LogP contribution in [0.25, 0.3) is 33.0 Å². The van der Waals surface area contributed by atoms with E-state index in [1.54, 1.807) is 44.5 Å². The quantitative estimate of drug-likeness (QED) is 0.182. The maximum atomic E-state index is 2.85. The summed E-state index contributed by atoms with van der Waals surface area (Å²) >= 11 is 0. The van der Waals surface area contributed by atoms with Crippen LogP contribution in [0.5, 0.6) is 0 Å². The maximum absolute atomic E-state index is 2.85. The summed E-state index contributed by atoms with van der Waals surface area (Å²) in [7, 11) is 0. The molecule has 4 aliphatic carbocycles. The number of fused-ring (bicyclic) bond motifs is 12. The molecule has 0 heteroatoms. The number of rotatable bonds is 7. The predicted molar refractivity (Wildman–Crippen MR) is 226 cm³/mol. The molecule has 270 valence electrons. The molecule has 8 rings (SSSR count). The number of benzene rings is 4. The van der Waals surface area contributed by atoms with Crippen LogP contribution < -0.4 is 0 Å². The average molecular weight is 687 g/mol. The molecule has 2 atom stereocenters. The van der Waals surface area contributed by atoms with Gasteiger partial charge in [-0.25, -0.2) is 0 Å². The van der Waals surface area contributed by atoms with Crippen LogP contribution in [0.2, 0.25) is 0 Å². The van der Waals surface area contributed by atoms with Crippen molar-refractivity contribution in [3.8, 4) is 11.1 Å². The van der Waals surface area contributed by atoms with E-state index in [4.69, 9.17) is 0 Å². The topological polar surface area (TPSA) is 0 Å². The van der Waals surface area contributed by atoms with Crippen LogP contribution in [0.1, 0.15) is 145 Å². The van der Waals surface area contributed by atoms with Gasteiger partial charge >= 0.3 is 0 Å². The van der Waals surface area contributed by atoms with Crippen molar-refractivity contribution in [3.05, 3.63) is 128 Å². The minimum absolute atomic E-state index is 0.0471. The molecule has 0 bridgehead atoms. The molecule has 0 saturated carbocycles. The van der Waals surface area contributed by atoms with Crippen LogP contribution in [0.15, 0.2) is 77.9 Å². The third-order valence-electron chi connectivity index (χ3n) is 14.5. The third-order valence-corrected chi connectivity index (χ3v) is 14.5. The van der Waals surface area contributed by atoms with Crippen molar-refractivity contribution in [2.24, 2.45) is 23.7 Å². The molecule has 0 heterocycles. The van der Waals surface area contributed by atoms with Crippen LogP contribution in [0.4, 0.5) is 0 Å². The second-order valence-corrected chi connectivity index (χ2v) is 18.5. The summed E-state index contributed by atoms with van der Waals surface area (Å²) in [4.78, 5) is 0. The zero-order valence-corrected chi connectivity index (χ0v) is 34.5. The third kappa shape index (κ3) is 4.39. The Kier molecular flexibility index (Phi) is 8.12. The van der Waals surface area contributed by atoms with E-state index in [9.17, 15) is 0 Å². The van der Waals surface area contributed by atoms with Gasteiger partial charge in [0.05, 0.1) is 0 Å². The van der Waals surface area contributed by atoms with Crippen LogP contribution >= 0.6 is 0 Å². The zero-order valence-electron chi connectivity index (χ0n) is 34.5. The predicted octanol–water partition coefficient (Wildman–Crippen LogP) is 14.5. The highest BCUT2D eigenvalue weighted by molar-refractivity contribution is 6.13. The van der Waals surface area contributed by atoms with Crippen molar-refractivity contribution in [2.75, 3.05) is 0 Å². The Morgan fingerprint density at radius 3 is 1.92 bits per heavy atom. The van der Waals surface area contributed by atoms with E-state index >= 15 is 0 Å². The molecule has 4 aromatic carbocycles. The fourth-order valence-electron chi connectivity index (χ4n) is 12.6. The minimum atomic E-state index is -0.249. The minimum Gasteiger partial charge on any atom is -0.0654 e. The Bertz CT molecular complexity index is 2250. The van der Waals surface area contributed by atoms with Gasteiger partial charge in [-0.3, -0.25) is 0 Å². The molecule has 1 spiro atoms. The van der Waals surface area contributed by atoms with E-state index in [2.05, 4.69) is 157 Å². The lowest BCUT2D eigenvalue weighted by atomic mass is 9.55. The lowest BCUT2D eigenvalue weighted by molar-refractivity contribution is 0.298. The highest BCUT2D eigenvalue weighted by atomic mass is 14.6. The van der Waals surface area contributed by atoms with Crippen LogP contribution in [0, 0.1) is 44.4 Å². The second-order valence-electron chi connectivity index (χ2n) is 18.5. The summed E-state index contributed by atoms with van der Waals surface area (Å²) in [5.74, 6) is 1.98.